The van der Waals surface area contributed by atoms with Gasteiger partial charge in [-0.25, -0.2) is 8.42 Å². The van der Waals surface area contributed by atoms with Gasteiger partial charge in [0.25, 0.3) is 5.15 Å². The molecular formula is C8H8Cl2F3NO3S. The van der Waals surface area contributed by atoms with Crippen molar-refractivity contribution in [1.82, 2.24) is 0 Å². The molecule has 0 saturated heterocycles. The van der Waals surface area contributed by atoms with Gasteiger partial charge in [0, 0.05) is 5.56 Å². The van der Waals surface area contributed by atoms with E-state index in [0.717, 1.165) is 5.56 Å². The van der Waals surface area contributed by atoms with Crippen LogP contribution in [0.5, 0.6) is 0 Å². The SMILES string of the molecule is Cc1cc(Cl)c(Cl)[n+](C)c1.O=S(=O)([O-])C(F)(F)F. The summed E-state index contributed by atoms with van der Waals surface area (Å²) >= 11 is 11.5. The van der Waals surface area contributed by atoms with Gasteiger partial charge in [0.2, 0.25) is 0 Å². The molecule has 0 atom stereocenters. The monoisotopic (exact) mass is 325 g/mol. The molecule has 0 radical (unpaired) electrons. The molecule has 0 aliphatic rings. The number of hydrogen-bond donors (Lipinski definition) is 0. The van der Waals surface area contributed by atoms with E-state index in [1.54, 1.807) is 4.57 Å². The van der Waals surface area contributed by atoms with Crippen LogP contribution in [0.3, 0.4) is 0 Å². The predicted octanol–water partition coefficient (Wildman–Crippen LogP) is 2.18. The Labute approximate surface area is 112 Å². The molecule has 0 bridgehead atoms. The molecule has 0 aliphatic carbocycles. The van der Waals surface area contributed by atoms with Crippen molar-refractivity contribution in [3.8, 4) is 0 Å². The van der Waals surface area contributed by atoms with Crippen molar-refractivity contribution in [1.29, 1.82) is 0 Å². The molecular weight excluding hydrogens is 318 g/mol. The van der Waals surface area contributed by atoms with E-state index in [9.17, 15) is 13.2 Å². The van der Waals surface area contributed by atoms with Gasteiger partial charge in [0.15, 0.2) is 16.3 Å². The van der Waals surface area contributed by atoms with Crippen molar-refractivity contribution in [2.24, 2.45) is 7.05 Å². The maximum Gasteiger partial charge on any atom is 0.485 e. The number of aryl methyl sites for hydroxylation is 2. The summed E-state index contributed by atoms with van der Waals surface area (Å²) in [5.41, 5.74) is -4.54. The van der Waals surface area contributed by atoms with E-state index < -0.39 is 15.6 Å². The summed E-state index contributed by atoms with van der Waals surface area (Å²) in [7, 11) is -4.23. The number of nitrogens with zero attached hydrogens (tertiary/aromatic N) is 1. The first-order chi connectivity index (χ1) is 7.86. The van der Waals surface area contributed by atoms with Crippen LogP contribution >= 0.6 is 23.2 Å². The lowest BCUT2D eigenvalue weighted by atomic mass is 10.3. The van der Waals surface area contributed by atoms with Crippen molar-refractivity contribution >= 4 is 33.3 Å². The maximum atomic E-state index is 10.7. The zero-order valence-electron chi connectivity index (χ0n) is 9.12. The Morgan fingerprint density at radius 1 is 1.33 bits per heavy atom. The number of pyridine rings is 1. The number of halogens is 5. The van der Waals surface area contributed by atoms with E-state index in [-0.39, 0.29) is 0 Å². The summed E-state index contributed by atoms with van der Waals surface area (Å²) < 4.78 is 60.7. The van der Waals surface area contributed by atoms with E-state index in [0.29, 0.717) is 10.2 Å². The molecule has 0 spiro atoms. The summed E-state index contributed by atoms with van der Waals surface area (Å²) in [6, 6.07) is 1.84. The van der Waals surface area contributed by atoms with Crippen LogP contribution in [0.1, 0.15) is 5.56 Å². The second-order valence-corrected chi connectivity index (χ2v) is 5.30. The molecule has 0 fully saturated rings. The third-order valence-corrected chi connectivity index (χ3v) is 2.96. The van der Waals surface area contributed by atoms with Crippen LogP contribution in [-0.2, 0) is 17.2 Å². The Bertz CT molecular complexity index is 508. The number of aromatic nitrogens is 1. The molecule has 1 rings (SSSR count). The summed E-state index contributed by atoms with van der Waals surface area (Å²) in [5.74, 6) is 0. The minimum Gasteiger partial charge on any atom is -0.741 e. The largest absolute Gasteiger partial charge is 0.741 e. The number of hydrogen-bond acceptors (Lipinski definition) is 3. The lowest BCUT2D eigenvalue weighted by molar-refractivity contribution is -0.669. The van der Waals surface area contributed by atoms with Crippen molar-refractivity contribution in [2.75, 3.05) is 0 Å². The average Bonchev–Trinajstić information content (AvgIpc) is 2.11. The van der Waals surface area contributed by atoms with Crippen LogP contribution in [-0.4, -0.2) is 18.5 Å². The lowest BCUT2D eigenvalue weighted by Gasteiger charge is -2.08. The number of rotatable bonds is 0. The van der Waals surface area contributed by atoms with Crippen molar-refractivity contribution in [3.05, 3.63) is 28.0 Å². The van der Waals surface area contributed by atoms with Crippen molar-refractivity contribution in [3.63, 3.8) is 0 Å². The summed E-state index contributed by atoms with van der Waals surface area (Å²) in [6.07, 6.45) is 1.92. The molecule has 1 aromatic rings. The molecule has 0 amide bonds. The van der Waals surface area contributed by atoms with Crippen molar-refractivity contribution < 1.29 is 30.7 Å². The minimum atomic E-state index is -6.09. The second kappa shape index (κ2) is 6.05. The molecule has 0 unspecified atom stereocenters. The molecule has 18 heavy (non-hydrogen) atoms. The first-order valence-corrected chi connectivity index (χ1v) is 6.36. The molecule has 1 aromatic heterocycles. The Morgan fingerprint density at radius 3 is 2.00 bits per heavy atom. The normalized spacial score (nSPS) is 11.8. The molecule has 0 N–H and O–H groups in total. The Morgan fingerprint density at radius 2 is 1.72 bits per heavy atom. The van der Waals surface area contributed by atoms with Crippen LogP contribution < -0.4 is 4.57 Å². The summed E-state index contributed by atoms with van der Waals surface area (Å²) in [5, 5.41) is 1.18. The van der Waals surface area contributed by atoms with Gasteiger partial charge < -0.3 is 4.55 Å². The molecule has 0 saturated carbocycles. The molecule has 10 heteroatoms. The Hall–Kier alpha value is -0.570. The minimum absolute atomic E-state index is 0.576. The second-order valence-electron chi connectivity index (χ2n) is 3.17. The fourth-order valence-electron chi connectivity index (χ4n) is 0.827. The van der Waals surface area contributed by atoms with Gasteiger partial charge in [-0.3, -0.25) is 0 Å². The smallest absolute Gasteiger partial charge is 0.485 e. The van der Waals surface area contributed by atoms with E-state index in [1.165, 1.54) is 0 Å². The fourth-order valence-corrected chi connectivity index (χ4v) is 1.24. The predicted molar refractivity (Wildman–Crippen MR) is 58.1 cm³/mol. The Kier molecular flexibility index (Phi) is 5.86. The third kappa shape index (κ3) is 5.38. The quantitative estimate of drug-likeness (QED) is 0.318. The fraction of sp³-hybridized carbons (Fsp3) is 0.375. The van der Waals surface area contributed by atoms with Gasteiger partial charge in [-0.1, -0.05) is 11.6 Å². The van der Waals surface area contributed by atoms with Crippen LogP contribution in [0.2, 0.25) is 10.2 Å². The molecule has 0 aromatic carbocycles. The van der Waals surface area contributed by atoms with Crippen LogP contribution in [0.25, 0.3) is 0 Å². The molecule has 1 heterocycles. The van der Waals surface area contributed by atoms with Gasteiger partial charge in [-0.05, 0) is 24.6 Å². The van der Waals surface area contributed by atoms with Gasteiger partial charge in [0.05, 0.1) is 0 Å². The standard InChI is InChI=1S/C7H8Cl2N.CHF3O3S/c1-5-3-6(8)7(9)10(2)4-5;2-1(3,4)8(5,6)7/h3-4H,1-2H3;(H,5,6,7)/q+1;/p-1. The zero-order valence-corrected chi connectivity index (χ0v) is 11.5. The van der Waals surface area contributed by atoms with Crippen LogP contribution in [0.15, 0.2) is 12.3 Å². The van der Waals surface area contributed by atoms with E-state index in [1.807, 2.05) is 26.2 Å². The molecule has 104 valence electrons. The van der Waals surface area contributed by atoms with Crippen LogP contribution in [0, 0.1) is 6.92 Å². The number of alkyl halides is 3. The van der Waals surface area contributed by atoms with E-state index in [2.05, 4.69) is 0 Å². The first-order valence-electron chi connectivity index (χ1n) is 4.19. The highest BCUT2D eigenvalue weighted by Crippen LogP contribution is 2.20. The first kappa shape index (κ1) is 17.4. The lowest BCUT2D eigenvalue weighted by Crippen LogP contribution is -2.29. The van der Waals surface area contributed by atoms with Crippen molar-refractivity contribution in [2.45, 2.75) is 12.4 Å². The topological polar surface area (TPSA) is 61.1 Å². The van der Waals surface area contributed by atoms with E-state index in [4.69, 9.17) is 36.2 Å². The maximum absolute atomic E-state index is 10.7. The average molecular weight is 326 g/mol. The van der Waals surface area contributed by atoms with Crippen LogP contribution in [0.4, 0.5) is 13.2 Å². The zero-order chi connectivity index (χ0) is 14.7. The van der Waals surface area contributed by atoms with Gasteiger partial charge >= 0.3 is 5.51 Å². The highest BCUT2D eigenvalue weighted by atomic mass is 35.5. The Balaban J connectivity index is 0.000000331. The third-order valence-electron chi connectivity index (χ3n) is 1.54. The van der Waals surface area contributed by atoms with E-state index >= 15 is 0 Å². The highest BCUT2D eigenvalue weighted by Gasteiger charge is 2.36. The molecule has 0 aliphatic heterocycles. The van der Waals surface area contributed by atoms with Gasteiger partial charge in [-0.15, -0.1) is 0 Å². The molecule has 4 nitrogen and oxygen atoms in total. The summed E-state index contributed by atoms with van der Waals surface area (Å²) in [4.78, 5) is 0. The van der Waals surface area contributed by atoms with Gasteiger partial charge in [-0.2, -0.15) is 17.7 Å². The highest BCUT2D eigenvalue weighted by molar-refractivity contribution is 7.86. The van der Waals surface area contributed by atoms with Gasteiger partial charge in [0.1, 0.15) is 12.1 Å². The summed E-state index contributed by atoms with van der Waals surface area (Å²) in [6.45, 7) is 1.97.